The molecule has 0 atom stereocenters. The summed E-state index contributed by atoms with van der Waals surface area (Å²) < 4.78 is 110. The van der Waals surface area contributed by atoms with E-state index in [-0.39, 0.29) is 22.4 Å². The van der Waals surface area contributed by atoms with E-state index in [9.17, 15) is 43.2 Å². The molecule has 0 saturated heterocycles. The molecule has 0 aromatic rings. The van der Waals surface area contributed by atoms with E-state index in [1.165, 1.54) is 0 Å². The van der Waals surface area contributed by atoms with Crippen LogP contribution < -0.4 is 0 Å². The van der Waals surface area contributed by atoms with Crippen molar-refractivity contribution in [3.05, 3.63) is 0 Å². The van der Waals surface area contributed by atoms with Gasteiger partial charge in [-0.2, -0.15) is 26.3 Å². The van der Waals surface area contributed by atoms with Crippen molar-refractivity contribution in [2.24, 2.45) is 0 Å². The van der Waals surface area contributed by atoms with E-state index in [2.05, 4.69) is 0 Å². The normalized spacial score (nSPS) is 14.4. The van der Waals surface area contributed by atoms with E-state index in [1.54, 1.807) is 0 Å². The van der Waals surface area contributed by atoms with E-state index in [0.29, 0.717) is 0 Å². The van der Waals surface area contributed by atoms with Gasteiger partial charge in [0.2, 0.25) is 0 Å². The predicted octanol–water partition coefficient (Wildman–Crippen LogP) is 0.811. The van der Waals surface area contributed by atoms with Gasteiger partial charge in [-0.05, 0) is 0 Å². The number of halogens is 6. The molecule has 0 spiro atoms. The minimum absolute atomic E-state index is 0. The summed E-state index contributed by atoms with van der Waals surface area (Å²) in [6.07, 6.45) is 0. The molecule has 0 aliphatic heterocycles. The Balaban J connectivity index is 0. The van der Waals surface area contributed by atoms with Gasteiger partial charge in [0.05, 0.1) is 0 Å². The zero-order valence-electron chi connectivity index (χ0n) is 6.73. The van der Waals surface area contributed by atoms with Crippen LogP contribution in [0, 0.1) is 0 Å². The zero-order chi connectivity index (χ0) is 12.7. The van der Waals surface area contributed by atoms with Gasteiger partial charge in [-0.3, -0.25) is 0 Å². The topological polar surface area (TPSA) is 68.3 Å². The Hall–Kier alpha value is 0.220. The number of sulfone groups is 2. The Labute approximate surface area is 101 Å². The molecule has 0 unspecified atom stereocenters. The fourth-order valence-corrected chi connectivity index (χ4v) is 3.04. The van der Waals surface area contributed by atoms with Gasteiger partial charge in [-0.1, -0.05) is 0 Å². The second kappa shape index (κ2) is 4.84. The SMILES string of the molecule is O=S(=O)(CS(=O)(=O)C(F)(F)F)C(F)(F)F.[Ag]. The van der Waals surface area contributed by atoms with Gasteiger partial charge in [0, 0.05) is 22.4 Å². The largest absolute Gasteiger partial charge is 0.498 e. The van der Waals surface area contributed by atoms with Crippen molar-refractivity contribution in [1.29, 1.82) is 0 Å². The van der Waals surface area contributed by atoms with Crippen LogP contribution in [0.2, 0.25) is 0 Å². The Bertz CT molecular complexity index is 387. The summed E-state index contributed by atoms with van der Waals surface area (Å²) in [5.41, 5.74) is -12.1. The van der Waals surface area contributed by atoms with Gasteiger partial charge >= 0.3 is 11.0 Å². The molecule has 103 valence electrons. The molecular weight excluding hydrogens is 386 g/mol. The second-order valence-corrected chi connectivity index (χ2v) is 6.57. The minimum Gasteiger partial charge on any atom is -0.218 e. The monoisotopic (exact) mass is 387 g/mol. The van der Waals surface area contributed by atoms with Gasteiger partial charge in [0.15, 0.2) is 5.08 Å². The average Bonchev–Trinajstić information content (AvgIpc) is 1.77. The van der Waals surface area contributed by atoms with E-state index in [1.807, 2.05) is 0 Å². The summed E-state index contributed by atoms with van der Waals surface area (Å²) >= 11 is 0. The molecule has 16 heavy (non-hydrogen) atoms. The predicted molar refractivity (Wildman–Crippen MR) is 34.8 cm³/mol. The number of rotatable bonds is 2. The zero-order valence-corrected chi connectivity index (χ0v) is 9.84. The first kappa shape index (κ1) is 18.6. The molecule has 0 aliphatic carbocycles. The molecule has 0 fully saturated rings. The number of alkyl halides is 6. The summed E-state index contributed by atoms with van der Waals surface area (Å²) in [6, 6.07) is 0. The Morgan fingerprint density at radius 2 is 0.875 bits per heavy atom. The van der Waals surface area contributed by atoms with Crippen LogP contribution in [-0.2, 0) is 42.1 Å². The molecule has 0 bridgehead atoms. The first-order chi connectivity index (χ1) is 6.21. The van der Waals surface area contributed by atoms with Crippen LogP contribution in [0.5, 0.6) is 0 Å². The molecule has 0 aromatic carbocycles. The molecule has 4 nitrogen and oxygen atoms in total. The van der Waals surface area contributed by atoms with Crippen molar-refractivity contribution in [3.63, 3.8) is 0 Å². The summed E-state index contributed by atoms with van der Waals surface area (Å²) in [5.74, 6) is 0. The van der Waals surface area contributed by atoms with Crippen molar-refractivity contribution in [2.45, 2.75) is 11.0 Å². The maximum absolute atomic E-state index is 11.5. The van der Waals surface area contributed by atoms with Crippen LogP contribution in [0.3, 0.4) is 0 Å². The summed E-state index contributed by atoms with van der Waals surface area (Å²) in [5, 5.41) is -3.03. The van der Waals surface area contributed by atoms with Gasteiger partial charge in [0.25, 0.3) is 19.7 Å². The van der Waals surface area contributed by atoms with Crippen LogP contribution in [-0.4, -0.2) is 32.9 Å². The van der Waals surface area contributed by atoms with E-state index in [4.69, 9.17) is 0 Å². The van der Waals surface area contributed by atoms with Crippen LogP contribution in [0.25, 0.3) is 0 Å². The molecule has 0 rings (SSSR count). The third-order valence-electron chi connectivity index (χ3n) is 1.02. The molecule has 0 saturated carbocycles. The third kappa shape index (κ3) is 4.24. The summed E-state index contributed by atoms with van der Waals surface area (Å²) in [4.78, 5) is 0. The first-order valence-electron chi connectivity index (χ1n) is 2.79. The molecule has 1 radical (unpaired) electrons. The average molecular weight is 388 g/mol. The molecule has 0 N–H and O–H groups in total. The minimum atomic E-state index is -6.35. The Kier molecular flexibility index (Phi) is 5.62. The van der Waals surface area contributed by atoms with Crippen molar-refractivity contribution >= 4 is 19.7 Å². The van der Waals surface area contributed by atoms with Crippen molar-refractivity contribution in [2.75, 3.05) is 5.08 Å². The van der Waals surface area contributed by atoms with Crippen LogP contribution in [0.1, 0.15) is 0 Å². The standard InChI is InChI=1S/C3H2F6O4S2.Ag/c4-2(5,6)14(10,11)1-15(12,13)3(7,8)9;/h1H2;. The molecule has 0 aliphatic rings. The van der Waals surface area contributed by atoms with Crippen molar-refractivity contribution in [1.82, 2.24) is 0 Å². The molecule has 0 amide bonds. The van der Waals surface area contributed by atoms with Crippen LogP contribution in [0.4, 0.5) is 26.3 Å². The van der Waals surface area contributed by atoms with Crippen molar-refractivity contribution < 1.29 is 65.6 Å². The fourth-order valence-electron chi connectivity index (χ4n) is 0.338. The van der Waals surface area contributed by atoms with Gasteiger partial charge in [-0.25, -0.2) is 16.8 Å². The van der Waals surface area contributed by atoms with Gasteiger partial charge in [-0.15, -0.1) is 0 Å². The molecular formula is C3H2AgF6O4S2. The van der Waals surface area contributed by atoms with E-state index in [0.717, 1.165) is 0 Å². The van der Waals surface area contributed by atoms with E-state index >= 15 is 0 Å². The summed E-state index contributed by atoms with van der Waals surface area (Å²) in [7, 11) is -12.7. The maximum Gasteiger partial charge on any atom is 0.498 e. The molecule has 0 aromatic heterocycles. The maximum atomic E-state index is 11.5. The number of hydrogen-bond acceptors (Lipinski definition) is 4. The Morgan fingerprint density at radius 1 is 0.688 bits per heavy atom. The van der Waals surface area contributed by atoms with Crippen molar-refractivity contribution in [3.8, 4) is 0 Å². The Morgan fingerprint density at radius 3 is 1.00 bits per heavy atom. The summed E-state index contributed by atoms with van der Waals surface area (Å²) in [6.45, 7) is 0. The van der Waals surface area contributed by atoms with Gasteiger partial charge in [0.1, 0.15) is 0 Å². The fraction of sp³-hybridized carbons (Fsp3) is 1.00. The van der Waals surface area contributed by atoms with E-state index < -0.39 is 35.8 Å². The quantitative estimate of drug-likeness (QED) is 0.519. The van der Waals surface area contributed by atoms with Crippen LogP contribution in [0.15, 0.2) is 0 Å². The molecule has 13 heteroatoms. The van der Waals surface area contributed by atoms with Gasteiger partial charge < -0.3 is 0 Å². The third-order valence-corrected chi connectivity index (χ3v) is 4.91. The smallest absolute Gasteiger partial charge is 0.218 e. The van der Waals surface area contributed by atoms with Crippen LogP contribution >= 0.6 is 0 Å². The first-order valence-corrected chi connectivity index (χ1v) is 6.09. The number of hydrogen-bond donors (Lipinski definition) is 0. The second-order valence-electron chi connectivity index (χ2n) is 2.24. The molecule has 0 heterocycles.